The topological polar surface area (TPSA) is 52.6 Å². The molecule has 6 heteroatoms. The Morgan fingerprint density at radius 2 is 1.23 bits per heavy atom. The number of esters is 2. The van der Waals surface area contributed by atoms with Crippen molar-refractivity contribution in [1.82, 2.24) is 0 Å². The number of hydrogen-bond donors (Lipinski definition) is 0. The van der Waals surface area contributed by atoms with Crippen LogP contribution >= 0.6 is 23.5 Å². The lowest BCUT2D eigenvalue weighted by atomic mass is 10.4. The summed E-state index contributed by atoms with van der Waals surface area (Å²) in [5.74, 6) is -0.696. The van der Waals surface area contributed by atoms with Gasteiger partial charge in [-0.3, -0.25) is 0 Å². The Balaban J connectivity index is 2.54. The Hall–Kier alpha value is -2.18. The highest BCUT2D eigenvalue weighted by molar-refractivity contribution is 8.05. The molecule has 0 unspecified atom stereocenters. The van der Waals surface area contributed by atoms with Gasteiger partial charge in [-0.1, -0.05) is 60.0 Å². The standard InChI is InChI=1S/C20H22O4S2/c1-3-23-19(21)13-7-9-15-25-17-11-5-6-12-18(17)26-16-10-8-14-20(22)24-4-2/h5-16H,3-4H2,1-2H3/b13-7+,14-8+,15-9+,16-10+. The van der Waals surface area contributed by atoms with Crippen LogP contribution in [0.3, 0.4) is 0 Å². The van der Waals surface area contributed by atoms with Crippen LogP contribution in [-0.4, -0.2) is 25.2 Å². The molecule has 0 amide bonds. The van der Waals surface area contributed by atoms with Crippen molar-refractivity contribution in [2.24, 2.45) is 0 Å². The van der Waals surface area contributed by atoms with Crippen LogP contribution < -0.4 is 0 Å². The number of hydrogen-bond acceptors (Lipinski definition) is 6. The number of ether oxygens (including phenoxy) is 2. The smallest absolute Gasteiger partial charge is 0.330 e. The van der Waals surface area contributed by atoms with E-state index in [0.29, 0.717) is 13.2 Å². The molecule has 0 fully saturated rings. The van der Waals surface area contributed by atoms with Gasteiger partial charge < -0.3 is 9.47 Å². The molecule has 0 bridgehead atoms. The first-order valence-electron chi connectivity index (χ1n) is 8.09. The van der Waals surface area contributed by atoms with E-state index in [1.54, 1.807) is 61.7 Å². The third-order valence-corrected chi connectivity index (χ3v) is 4.59. The zero-order chi connectivity index (χ0) is 19.0. The molecule has 4 nitrogen and oxygen atoms in total. The van der Waals surface area contributed by atoms with E-state index >= 15 is 0 Å². The van der Waals surface area contributed by atoms with Gasteiger partial charge in [-0.05, 0) is 36.8 Å². The molecule has 0 N–H and O–H groups in total. The van der Waals surface area contributed by atoms with Crippen molar-refractivity contribution in [1.29, 1.82) is 0 Å². The summed E-state index contributed by atoms with van der Waals surface area (Å²) in [4.78, 5) is 24.6. The van der Waals surface area contributed by atoms with Gasteiger partial charge in [0.25, 0.3) is 0 Å². The monoisotopic (exact) mass is 390 g/mol. The van der Waals surface area contributed by atoms with E-state index in [1.165, 1.54) is 12.2 Å². The number of benzene rings is 1. The van der Waals surface area contributed by atoms with Gasteiger partial charge in [0, 0.05) is 21.9 Å². The van der Waals surface area contributed by atoms with Gasteiger partial charge >= 0.3 is 11.9 Å². The Morgan fingerprint density at radius 3 is 1.62 bits per heavy atom. The van der Waals surface area contributed by atoms with Gasteiger partial charge in [0.15, 0.2) is 0 Å². The summed E-state index contributed by atoms with van der Waals surface area (Å²) in [5, 5.41) is 3.80. The molecule has 0 saturated carbocycles. The third-order valence-electron chi connectivity index (χ3n) is 2.66. The zero-order valence-corrected chi connectivity index (χ0v) is 16.4. The van der Waals surface area contributed by atoms with Crippen molar-refractivity contribution < 1.29 is 19.1 Å². The van der Waals surface area contributed by atoms with Crippen molar-refractivity contribution in [3.8, 4) is 0 Å². The largest absolute Gasteiger partial charge is 0.463 e. The Kier molecular flexibility index (Phi) is 11.8. The quantitative estimate of drug-likeness (QED) is 0.239. The van der Waals surface area contributed by atoms with E-state index in [-0.39, 0.29) is 11.9 Å². The van der Waals surface area contributed by atoms with Crippen LogP contribution in [0.5, 0.6) is 0 Å². The lowest BCUT2D eigenvalue weighted by Gasteiger charge is -2.03. The average Bonchev–Trinajstić information content (AvgIpc) is 2.62. The highest BCUT2D eigenvalue weighted by Gasteiger charge is 1.99. The van der Waals surface area contributed by atoms with Crippen LogP contribution in [0.15, 0.2) is 81.3 Å². The van der Waals surface area contributed by atoms with Crippen molar-refractivity contribution in [3.63, 3.8) is 0 Å². The minimum Gasteiger partial charge on any atom is -0.463 e. The lowest BCUT2D eigenvalue weighted by Crippen LogP contribution is -1.98. The average molecular weight is 391 g/mol. The third kappa shape index (κ3) is 9.96. The molecular formula is C20H22O4S2. The van der Waals surface area contributed by atoms with Crippen LogP contribution in [-0.2, 0) is 19.1 Å². The van der Waals surface area contributed by atoms with E-state index in [0.717, 1.165) is 9.79 Å². The van der Waals surface area contributed by atoms with Gasteiger partial charge in [0.2, 0.25) is 0 Å². The van der Waals surface area contributed by atoms with Crippen LogP contribution in [0.2, 0.25) is 0 Å². The molecular weight excluding hydrogens is 368 g/mol. The number of carbonyl (C=O) groups excluding carboxylic acids is 2. The maximum absolute atomic E-state index is 11.2. The lowest BCUT2D eigenvalue weighted by molar-refractivity contribution is -0.138. The maximum Gasteiger partial charge on any atom is 0.330 e. The second-order valence-electron chi connectivity index (χ2n) is 4.56. The summed E-state index contributed by atoms with van der Waals surface area (Å²) in [6.45, 7) is 4.28. The van der Waals surface area contributed by atoms with Gasteiger partial charge in [-0.2, -0.15) is 0 Å². The summed E-state index contributed by atoms with van der Waals surface area (Å²) in [7, 11) is 0. The SMILES string of the molecule is CCOC(=O)/C=C/C=C/Sc1ccccc1S/C=C/C=C/C(=O)OCC. The highest BCUT2D eigenvalue weighted by atomic mass is 32.2. The summed E-state index contributed by atoms with van der Waals surface area (Å²) in [6.07, 6.45) is 9.67. The van der Waals surface area contributed by atoms with Gasteiger partial charge in [0.05, 0.1) is 13.2 Å². The fourth-order valence-corrected chi connectivity index (χ4v) is 3.21. The van der Waals surface area contributed by atoms with E-state index in [4.69, 9.17) is 9.47 Å². The van der Waals surface area contributed by atoms with Crippen molar-refractivity contribution in [3.05, 3.63) is 71.5 Å². The minimum atomic E-state index is -0.348. The zero-order valence-electron chi connectivity index (χ0n) is 14.8. The molecule has 0 aromatic heterocycles. The Bertz CT molecular complexity index is 632. The number of allylic oxidation sites excluding steroid dienone is 4. The summed E-state index contributed by atoms with van der Waals surface area (Å²) >= 11 is 3.11. The molecule has 26 heavy (non-hydrogen) atoms. The molecule has 0 aliphatic rings. The normalized spacial score (nSPS) is 11.8. The molecule has 0 aliphatic heterocycles. The second-order valence-corrected chi connectivity index (χ2v) is 6.46. The van der Waals surface area contributed by atoms with Crippen LogP contribution in [0.25, 0.3) is 0 Å². The summed E-state index contributed by atoms with van der Waals surface area (Å²) in [6, 6.07) is 7.99. The molecule has 0 spiro atoms. The van der Waals surface area contributed by atoms with Crippen molar-refractivity contribution in [2.45, 2.75) is 23.6 Å². The molecule has 138 valence electrons. The molecule has 0 saturated heterocycles. The van der Waals surface area contributed by atoms with E-state index < -0.39 is 0 Å². The maximum atomic E-state index is 11.2. The van der Waals surface area contributed by atoms with Crippen LogP contribution in [0.1, 0.15) is 13.8 Å². The molecule has 0 atom stereocenters. The summed E-state index contributed by atoms with van der Waals surface area (Å²) in [5.41, 5.74) is 0. The molecule has 1 rings (SSSR count). The fourth-order valence-electron chi connectivity index (χ4n) is 1.61. The second kappa shape index (κ2) is 14.0. The fraction of sp³-hybridized carbons (Fsp3) is 0.200. The minimum absolute atomic E-state index is 0.348. The highest BCUT2D eigenvalue weighted by Crippen LogP contribution is 2.31. The number of thioether (sulfide) groups is 2. The Labute approximate surface area is 163 Å². The predicted octanol–water partition coefficient (Wildman–Crippen LogP) is 5.14. The van der Waals surface area contributed by atoms with Crippen LogP contribution in [0, 0.1) is 0 Å². The van der Waals surface area contributed by atoms with Gasteiger partial charge in [0.1, 0.15) is 0 Å². The number of rotatable bonds is 10. The molecule has 1 aromatic rings. The first kappa shape index (κ1) is 21.9. The molecule has 0 aliphatic carbocycles. The summed E-state index contributed by atoms with van der Waals surface area (Å²) < 4.78 is 9.61. The number of carbonyl (C=O) groups is 2. The Morgan fingerprint density at radius 1 is 0.808 bits per heavy atom. The van der Waals surface area contributed by atoms with Crippen molar-refractivity contribution in [2.75, 3.05) is 13.2 Å². The first-order valence-corrected chi connectivity index (χ1v) is 9.85. The van der Waals surface area contributed by atoms with Gasteiger partial charge in [-0.25, -0.2) is 9.59 Å². The van der Waals surface area contributed by atoms with Crippen LogP contribution in [0.4, 0.5) is 0 Å². The first-order chi connectivity index (χ1) is 12.7. The van der Waals surface area contributed by atoms with E-state index in [9.17, 15) is 9.59 Å². The van der Waals surface area contributed by atoms with Crippen molar-refractivity contribution >= 4 is 35.5 Å². The van der Waals surface area contributed by atoms with E-state index in [2.05, 4.69) is 0 Å². The van der Waals surface area contributed by atoms with E-state index in [1.807, 2.05) is 35.1 Å². The predicted molar refractivity (Wildman–Crippen MR) is 108 cm³/mol. The molecule has 0 heterocycles. The molecule has 0 radical (unpaired) electrons. The molecule has 1 aromatic carbocycles. The van der Waals surface area contributed by atoms with Gasteiger partial charge in [-0.15, -0.1) is 0 Å².